The molecule has 0 fully saturated rings. The lowest BCUT2D eigenvalue weighted by Gasteiger charge is -2.05. The predicted octanol–water partition coefficient (Wildman–Crippen LogP) is 3.72. The highest BCUT2D eigenvalue weighted by molar-refractivity contribution is 9.10. The maximum Gasteiger partial charge on any atom is 0.240 e. The molecular weight excluding hydrogens is 398 g/mol. The van der Waals surface area contributed by atoms with Crippen LogP contribution in [0, 0.1) is 0 Å². The van der Waals surface area contributed by atoms with E-state index in [1.165, 1.54) is 0 Å². The summed E-state index contributed by atoms with van der Waals surface area (Å²) in [7, 11) is 1.60. The number of benzene rings is 2. The molecule has 7 heteroatoms. The highest BCUT2D eigenvalue weighted by Crippen LogP contribution is 2.14. The number of halogens is 1. The average Bonchev–Trinajstić information content (AvgIpc) is 2.64. The number of rotatable bonds is 8. The Morgan fingerprint density at radius 2 is 1.69 bits per heavy atom. The van der Waals surface area contributed by atoms with Crippen LogP contribution in [0.1, 0.15) is 24.8 Å². The fraction of sp³-hybridized carbons (Fsp3) is 0.211. The summed E-state index contributed by atoms with van der Waals surface area (Å²) in [5.74, 6) is 0.403. The molecule has 2 amide bonds. The summed E-state index contributed by atoms with van der Waals surface area (Å²) in [6.45, 7) is 0. The van der Waals surface area contributed by atoms with Gasteiger partial charge in [-0.1, -0.05) is 15.9 Å². The molecule has 136 valence electrons. The topological polar surface area (TPSA) is 79.8 Å². The van der Waals surface area contributed by atoms with Gasteiger partial charge < -0.3 is 10.1 Å². The van der Waals surface area contributed by atoms with E-state index in [9.17, 15) is 9.59 Å². The number of nitrogens with one attached hydrogen (secondary N) is 2. The number of carbonyl (C=O) groups is 2. The highest BCUT2D eigenvalue weighted by atomic mass is 79.9. The second-order valence-corrected chi connectivity index (χ2v) is 6.39. The van der Waals surface area contributed by atoms with Gasteiger partial charge in [0.05, 0.1) is 13.3 Å². The number of hydrazone groups is 1. The largest absolute Gasteiger partial charge is 0.497 e. The second kappa shape index (κ2) is 10.4. The van der Waals surface area contributed by atoms with Crippen LogP contribution in [0.25, 0.3) is 0 Å². The van der Waals surface area contributed by atoms with Gasteiger partial charge in [-0.2, -0.15) is 5.10 Å². The van der Waals surface area contributed by atoms with E-state index in [0.717, 1.165) is 21.5 Å². The van der Waals surface area contributed by atoms with Crippen LogP contribution in [0.15, 0.2) is 58.1 Å². The first-order valence-electron chi connectivity index (χ1n) is 8.08. The van der Waals surface area contributed by atoms with Crippen LogP contribution < -0.4 is 15.5 Å². The molecule has 2 rings (SSSR count). The van der Waals surface area contributed by atoms with E-state index in [4.69, 9.17) is 4.74 Å². The summed E-state index contributed by atoms with van der Waals surface area (Å²) in [5, 5.41) is 6.69. The molecule has 0 unspecified atom stereocenters. The Bertz CT molecular complexity index is 759. The predicted molar refractivity (Wildman–Crippen MR) is 105 cm³/mol. The lowest BCUT2D eigenvalue weighted by molar-refractivity contribution is -0.121. The van der Waals surface area contributed by atoms with Crippen molar-refractivity contribution in [2.45, 2.75) is 19.3 Å². The highest BCUT2D eigenvalue weighted by Gasteiger charge is 2.05. The van der Waals surface area contributed by atoms with Crippen molar-refractivity contribution in [3.05, 3.63) is 58.6 Å². The number of hydrogen-bond acceptors (Lipinski definition) is 4. The van der Waals surface area contributed by atoms with Crippen LogP contribution in [0.5, 0.6) is 5.75 Å². The van der Waals surface area contributed by atoms with Crippen molar-refractivity contribution in [2.24, 2.45) is 5.10 Å². The second-order valence-electron chi connectivity index (χ2n) is 5.47. The third-order valence-electron chi connectivity index (χ3n) is 3.45. The number of carbonyl (C=O) groups excluding carboxylic acids is 2. The molecular formula is C19H20BrN3O3. The molecule has 0 atom stereocenters. The van der Waals surface area contributed by atoms with Gasteiger partial charge >= 0.3 is 0 Å². The van der Waals surface area contributed by atoms with Crippen molar-refractivity contribution in [2.75, 3.05) is 12.4 Å². The Kier molecular flexibility index (Phi) is 7.82. The minimum atomic E-state index is -0.230. The third kappa shape index (κ3) is 7.06. The number of hydrogen-bond donors (Lipinski definition) is 2. The zero-order valence-corrected chi connectivity index (χ0v) is 16.0. The molecule has 0 heterocycles. The first-order valence-corrected chi connectivity index (χ1v) is 8.87. The molecule has 26 heavy (non-hydrogen) atoms. The fourth-order valence-corrected chi connectivity index (χ4v) is 2.36. The van der Waals surface area contributed by atoms with Crippen molar-refractivity contribution in [1.82, 2.24) is 5.43 Å². The molecule has 2 aromatic carbocycles. The smallest absolute Gasteiger partial charge is 0.240 e. The normalized spacial score (nSPS) is 10.5. The molecule has 6 nitrogen and oxygen atoms in total. The number of methoxy groups -OCH3 is 1. The van der Waals surface area contributed by atoms with Crippen LogP contribution in [0.4, 0.5) is 5.69 Å². The number of nitrogens with zero attached hydrogens (tertiary/aromatic N) is 1. The Hall–Kier alpha value is -2.67. The van der Waals surface area contributed by atoms with Crippen LogP contribution in [-0.4, -0.2) is 25.1 Å². The first-order chi connectivity index (χ1) is 12.6. The number of anilines is 1. The molecule has 0 aliphatic carbocycles. The summed E-state index contributed by atoms with van der Waals surface area (Å²) in [4.78, 5) is 23.6. The molecule has 2 N–H and O–H groups in total. The summed E-state index contributed by atoms with van der Waals surface area (Å²) >= 11 is 3.34. The van der Waals surface area contributed by atoms with Gasteiger partial charge in [0.15, 0.2) is 0 Å². The molecule has 0 aliphatic heterocycles. The standard InChI is InChI=1S/C19H20BrN3O3/c1-26-17-11-5-14(6-12-17)13-21-23-19(25)4-2-3-18(24)22-16-9-7-15(20)8-10-16/h5-13H,2-4H2,1H3,(H,22,24)(H,23,25)/b21-13-. The van der Waals surface area contributed by atoms with E-state index in [-0.39, 0.29) is 24.7 Å². The monoisotopic (exact) mass is 417 g/mol. The fourth-order valence-electron chi connectivity index (χ4n) is 2.09. The van der Waals surface area contributed by atoms with Crippen molar-refractivity contribution in [1.29, 1.82) is 0 Å². The van der Waals surface area contributed by atoms with Gasteiger partial charge in [-0.15, -0.1) is 0 Å². The van der Waals surface area contributed by atoms with Crippen molar-refractivity contribution >= 4 is 39.6 Å². The van der Waals surface area contributed by atoms with E-state index in [1.54, 1.807) is 13.3 Å². The summed E-state index contributed by atoms with van der Waals surface area (Å²) in [6, 6.07) is 14.6. The molecule has 0 radical (unpaired) electrons. The molecule has 0 saturated heterocycles. The minimum absolute atomic E-state index is 0.123. The van der Waals surface area contributed by atoms with Gasteiger partial charge in [0.1, 0.15) is 5.75 Å². The van der Waals surface area contributed by atoms with Gasteiger partial charge in [-0.25, -0.2) is 5.43 Å². The molecule has 0 spiro atoms. The van der Waals surface area contributed by atoms with Crippen LogP contribution in [0.2, 0.25) is 0 Å². The Balaban J connectivity index is 1.65. The maximum absolute atomic E-state index is 11.8. The van der Waals surface area contributed by atoms with Crippen molar-refractivity contribution in [3.63, 3.8) is 0 Å². The molecule has 0 aromatic heterocycles. The minimum Gasteiger partial charge on any atom is -0.497 e. The number of ether oxygens (including phenoxy) is 1. The summed E-state index contributed by atoms with van der Waals surface area (Å²) in [6.07, 6.45) is 2.50. The molecule has 0 saturated carbocycles. The molecule has 0 bridgehead atoms. The van der Waals surface area contributed by atoms with Gasteiger partial charge in [-0.3, -0.25) is 9.59 Å². The lowest BCUT2D eigenvalue weighted by atomic mass is 10.2. The van der Waals surface area contributed by atoms with Gasteiger partial charge in [-0.05, 0) is 60.5 Å². The lowest BCUT2D eigenvalue weighted by Crippen LogP contribution is -2.18. The zero-order chi connectivity index (χ0) is 18.8. The van der Waals surface area contributed by atoms with Crippen LogP contribution in [0.3, 0.4) is 0 Å². The van der Waals surface area contributed by atoms with E-state index >= 15 is 0 Å². The zero-order valence-electron chi connectivity index (χ0n) is 14.4. The third-order valence-corrected chi connectivity index (χ3v) is 3.98. The summed E-state index contributed by atoms with van der Waals surface area (Å²) in [5.41, 5.74) is 4.03. The van der Waals surface area contributed by atoms with E-state index in [2.05, 4.69) is 31.8 Å². The Morgan fingerprint density at radius 1 is 1.04 bits per heavy atom. The maximum atomic E-state index is 11.8. The SMILES string of the molecule is COc1ccc(/C=N\NC(=O)CCCC(=O)Nc2ccc(Br)cc2)cc1. The van der Waals surface area contributed by atoms with Crippen LogP contribution in [-0.2, 0) is 9.59 Å². The average molecular weight is 418 g/mol. The van der Waals surface area contributed by atoms with E-state index in [1.807, 2.05) is 48.5 Å². The Morgan fingerprint density at radius 3 is 2.35 bits per heavy atom. The van der Waals surface area contributed by atoms with Crippen molar-refractivity contribution < 1.29 is 14.3 Å². The quantitative estimate of drug-likeness (QED) is 0.507. The van der Waals surface area contributed by atoms with Crippen molar-refractivity contribution in [3.8, 4) is 5.75 Å². The van der Waals surface area contributed by atoms with E-state index in [0.29, 0.717) is 6.42 Å². The Labute approximate surface area is 160 Å². The van der Waals surface area contributed by atoms with Crippen LogP contribution >= 0.6 is 15.9 Å². The molecule has 0 aliphatic rings. The summed E-state index contributed by atoms with van der Waals surface area (Å²) < 4.78 is 6.02. The first kappa shape index (κ1) is 19.7. The van der Waals surface area contributed by atoms with Gasteiger partial charge in [0, 0.05) is 23.0 Å². The van der Waals surface area contributed by atoms with Gasteiger partial charge in [0.25, 0.3) is 0 Å². The van der Waals surface area contributed by atoms with Gasteiger partial charge in [0.2, 0.25) is 11.8 Å². The van der Waals surface area contributed by atoms with E-state index < -0.39 is 0 Å². The molecule has 2 aromatic rings. The number of amides is 2.